The van der Waals surface area contributed by atoms with Crippen LogP contribution in [0.25, 0.3) is 0 Å². The molecule has 1 aromatic rings. The molecule has 0 aromatic heterocycles. The molecule has 2 aliphatic rings. The van der Waals surface area contributed by atoms with Crippen LogP contribution in [0.5, 0.6) is 0 Å². The summed E-state index contributed by atoms with van der Waals surface area (Å²) < 4.78 is 13.2. The Morgan fingerprint density at radius 1 is 1.28 bits per heavy atom. The number of benzene rings is 1. The van der Waals surface area contributed by atoms with Crippen molar-refractivity contribution in [3.63, 3.8) is 0 Å². The summed E-state index contributed by atoms with van der Waals surface area (Å²) in [6.45, 7) is 3.96. The predicted octanol–water partition coefficient (Wildman–Crippen LogP) is 3.66. The van der Waals surface area contributed by atoms with E-state index in [-0.39, 0.29) is 5.82 Å². The first-order valence-electron chi connectivity index (χ1n) is 7.18. The Bertz CT molecular complexity index is 429. The molecular weight excluding hydrogens is 225 g/mol. The first-order valence-corrected chi connectivity index (χ1v) is 7.18. The van der Waals surface area contributed by atoms with Crippen LogP contribution in [0.2, 0.25) is 0 Å². The van der Waals surface area contributed by atoms with Gasteiger partial charge in [0.25, 0.3) is 0 Å². The van der Waals surface area contributed by atoms with Gasteiger partial charge in [0.2, 0.25) is 0 Å². The van der Waals surface area contributed by atoms with E-state index >= 15 is 0 Å². The standard InChI is InChI=1S/C16H22FN/c1-11-2-5-16(17)8-14(11)9-18-10-15-7-12-3-4-13(15)6-12/h2,5,8,12-13,15,18H,3-4,6-7,9-10H2,1H3. The molecule has 2 saturated carbocycles. The molecule has 0 heterocycles. The minimum atomic E-state index is -0.127. The minimum absolute atomic E-state index is 0.127. The molecule has 3 rings (SSSR count). The average Bonchev–Trinajstić information content (AvgIpc) is 2.96. The Kier molecular flexibility index (Phi) is 3.38. The summed E-state index contributed by atoms with van der Waals surface area (Å²) in [5, 5.41) is 3.53. The molecule has 3 atom stereocenters. The molecule has 1 aromatic carbocycles. The van der Waals surface area contributed by atoms with Gasteiger partial charge in [0.1, 0.15) is 5.82 Å². The van der Waals surface area contributed by atoms with E-state index in [2.05, 4.69) is 5.32 Å². The fraction of sp³-hybridized carbons (Fsp3) is 0.625. The van der Waals surface area contributed by atoms with Gasteiger partial charge in [-0.05, 0) is 73.7 Å². The van der Waals surface area contributed by atoms with Crippen LogP contribution in [0.1, 0.15) is 36.8 Å². The van der Waals surface area contributed by atoms with Gasteiger partial charge < -0.3 is 5.32 Å². The molecule has 1 nitrogen and oxygen atoms in total. The highest BCUT2D eigenvalue weighted by molar-refractivity contribution is 5.26. The summed E-state index contributed by atoms with van der Waals surface area (Å²) in [6.07, 6.45) is 5.78. The van der Waals surface area contributed by atoms with Gasteiger partial charge in [-0.15, -0.1) is 0 Å². The van der Waals surface area contributed by atoms with E-state index in [9.17, 15) is 4.39 Å². The van der Waals surface area contributed by atoms with Crippen LogP contribution in [0.4, 0.5) is 4.39 Å². The molecule has 98 valence electrons. The van der Waals surface area contributed by atoms with Gasteiger partial charge in [0, 0.05) is 6.54 Å². The molecule has 0 radical (unpaired) electrons. The molecule has 0 amide bonds. The Hall–Kier alpha value is -0.890. The third kappa shape index (κ3) is 2.44. The van der Waals surface area contributed by atoms with E-state index in [0.29, 0.717) is 0 Å². The number of halogens is 1. The lowest BCUT2D eigenvalue weighted by molar-refractivity contribution is 0.318. The van der Waals surface area contributed by atoms with Crippen molar-refractivity contribution < 1.29 is 4.39 Å². The smallest absolute Gasteiger partial charge is 0.123 e. The van der Waals surface area contributed by atoms with Crippen molar-refractivity contribution in [3.8, 4) is 0 Å². The van der Waals surface area contributed by atoms with Crippen molar-refractivity contribution in [2.45, 2.75) is 39.2 Å². The van der Waals surface area contributed by atoms with Gasteiger partial charge in [-0.3, -0.25) is 0 Å². The molecule has 2 heteroatoms. The average molecular weight is 247 g/mol. The highest BCUT2D eigenvalue weighted by atomic mass is 19.1. The highest BCUT2D eigenvalue weighted by Crippen LogP contribution is 2.47. The molecule has 18 heavy (non-hydrogen) atoms. The van der Waals surface area contributed by atoms with E-state index in [1.165, 1.54) is 37.3 Å². The third-order valence-electron chi connectivity index (χ3n) is 4.92. The first kappa shape index (κ1) is 12.2. The quantitative estimate of drug-likeness (QED) is 0.856. The van der Waals surface area contributed by atoms with Crippen LogP contribution in [0.15, 0.2) is 18.2 Å². The van der Waals surface area contributed by atoms with Crippen LogP contribution in [-0.4, -0.2) is 6.54 Å². The van der Waals surface area contributed by atoms with Crippen LogP contribution >= 0.6 is 0 Å². The van der Waals surface area contributed by atoms with E-state index in [1.807, 2.05) is 13.0 Å². The van der Waals surface area contributed by atoms with E-state index in [1.54, 1.807) is 6.07 Å². The van der Waals surface area contributed by atoms with Crippen LogP contribution in [0, 0.1) is 30.5 Å². The normalized spacial score (nSPS) is 30.0. The van der Waals surface area contributed by atoms with Crippen LogP contribution in [-0.2, 0) is 6.54 Å². The van der Waals surface area contributed by atoms with Crippen LogP contribution in [0.3, 0.4) is 0 Å². The predicted molar refractivity (Wildman–Crippen MR) is 71.8 cm³/mol. The molecule has 1 N–H and O–H groups in total. The van der Waals surface area contributed by atoms with Crippen molar-refractivity contribution in [1.82, 2.24) is 5.32 Å². The summed E-state index contributed by atoms with van der Waals surface area (Å²) in [5.41, 5.74) is 2.27. The second-order valence-corrected chi connectivity index (χ2v) is 6.14. The van der Waals surface area contributed by atoms with Gasteiger partial charge in [0.15, 0.2) is 0 Å². The van der Waals surface area contributed by atoms with Crippen molar-refractivity contribution in [1.29, 1.82) is 0 Å². The molecule has 2 fully saturated rings. The number of nitrogens with one attached hydrogen (secondary N) is 1. The summed E-state index contributed by atoms with van der Waals surface area (Å²) >= 11 is 0. The lowest BCUT2D eigenvalue weighted by Gasteiger charge is -2.22. The zero-order chi connectivity index (χ0) is 12.5. The molecule has 3 unspecified atom stereocenters. The van der Waals surface area contributed by atoms with Gasteiger partial charge >= 0.3 is 0 Å². The monoisotopic (exact) mass is 247 g/mol. The van der Waals surface area contributed by atoms with Crippen molar-refractivity contribution >= 4 is 0 Å². The third-order valence-corrected chi connectivity index (χ3v) is 4.92. The van der Waals surface area contributed by atoms with E-state index in [4.69, 9.17) is 0 Å². The Morgan fingerprint density at radius 3 is 2.89 bits per heavy atom. The Balaban J connectivity index is 1.51. The topological polar surface area (TPSA) is 12.0 Å². The first-order chi connectivity index (χ1) is 8.72. The number of hydrogen-bond acceptors (Lipinski definition) is 1. The van der Waals surface area contributed by atoms with Crippen molar-refractivity contribution in [2.75, 3.05) is 6.54 Å². The second-order valence-electron chi connectivity index (χ2n) is 6.14. The van der Waals surface area contributed by atoms with Gasteiger partial charge in [-0.1, -0.05) is 12.5 Å². The zero-order valence-corrected chi connectivity index (χ0v) is 11.1. The van der Waals surface area contributed by atoms with Crippen LogP contribution < -0.4 is 5.32 Å². The van der Waals surface area contributed by atoms with Gasteiger partial charge in [-0.25, -0.2) is 4.39 Å². The summed E-state index contributed by atoms with van der Waals surface area (Å²) in [7, 11) is 0. The molecule has 2 aliphatic carbocycles. The SMILES string of the molecule is Cc1ccc(F)cc1CNCC1CC2CCC1C2. The lowest BCUT2D eigenvalue weighted by atomic mass is 9.89. The number of hydrogen-bond donors (Lipinski definition) is 1. The van der Waals surface area contributed by atoms with E-state index in [0.717, 1.165) is 36.4 Å². The summed E-state index contributed by atoms with van der Waals surface area (Å²) in [4.78, 5) is 0. The number of aryl methyl sites for hydroxylation is 1. The number of rotatable bonds is 4. The minimum Gasteiger partial charge on any atom is -0.312 e. The molecular formula is C16H22FN. The van der Waals surface area contributed by atoms with Crippen molar-refractivity contribution in [3.05, 3.63) is 35.1 Å². The summed E-state index contributed by atoms with van der Waals surface area (Å²) in [5.74, 6) is 2.73. The van der Waals surface area contributed by atoms with Gasteiger partial charge in [-0.2, -0.15) is 0 Å². The Labute approximate surface area is 109 Å². The molecule has 0 saturated heterocycles. The maximum atomic E-state index is 13.2. The van der Waals surface area contributed by atoms with Gasteiger partial charge in [0.05, 0.1) is 0 Å². The maximum absolute atomic E-state index is 13.2. The maximum Gasteiger partial charge on any atom is 0.123 e. The Morgan fingerprint density at radius 2 is 2.17 bits per heavy atom. The number of fused-ring (bicyclic) bond motifs is 2. The van der Waals surface area contributed by atoms with Crippen molar-refractivity contribution in [2.24, 2.45) is 17.8 Å². The fourth-order valence-electron chi connectivity index (χ4n) is 3.85. The van der Waals surface area contributed by atoms with E-state index < -0.39 is 0 Å². The fourth-order valence-corrected chi connectivity index (χ4v) is 3.85. The molecule has 2 bridgehead atoms. The zero-order valence-electron chi connectivity index (χ0n) is 11.1. The summed E-state index contributed by atoms with van der Waals surface area (Å²) in [6, 6.07) is 5.06. The lowest BCUT2D eigenvalue weighted by Crippen LogP contribution is -2.26. The second kappa shape index (κ2) is 5.00. The molecule has 0 aliphatic heterocycles. The highest BCUT2D eigenvalue weighted by Gasteiger charge is 2.38. The molecule has 0 spiro atoms. The largest absolute Gasteiger partial charge is 0.312 e.